The fourth-order valence-corrected chi connectivity index (χ4v) is 7.23. The molecule has 3 fully saturated rings. The second-order valence-corrected chi connectivity index (χ2v) is 11.8. The molecule has 0 radical (unpaired) electrons. The van der Waals surface area contributed by atoms with Crippen LogP contribution in [0.25, 0.3) is 11.0 Å². The summed E-state index contributed by atoms with van der Waals surface area (Å²) in [5.74, 6) is -0.749. The smallest absolute Gasteiger partial charge is 0.335 e. The number of carbonyl (C=O) groups excluding carboxylic acids is 1. The van der Waals surface area contributed by atoms with E-state index in [1.54, 1.807) is 18.2 Å². The van der Waals surface area contributed by atoms with Gasteiger partial charge in [0.1, 0.15) is 5.54 Å². The third-order valence-corrected chi connectivity index (χ3v) is 9.34. The molecule has 3 aromatic rings. The van der Waals surface area contributed by atoms with Gasteiger partial charge >= 0.3 is 11.7 Å². The first-order valence-corrected chi connectivity index (χ1v) is 15.2. The molecule has 6 rings (SSSR count). The Hall–Kier alpha value is -3.96. The van der Waals surface area contributed by atoms with Crippen LogP contribution in [0.4, 0.5) is 0 Å². The summed E-state index contributed by atoms with van der Waals surface area (Å²) in [4.78, 5) is 56.2. The van der Waals surface area contributed by atoms with Crippen LogP contribution in [0.1, 0.15) is 67.3 Å². The number of aryl methyl sites for hydroxylation is 1. The predicted octanol–water partition coefficient (Wildman–Crippen LogP) is 3.59. The number of nitrogens with zero attached hydrogens (tertiary/aromatic N) is 4. The molecule has 0 unspecified atom stereocenters. The summed E-state index contributed by atoms with van der Waals surface area (Å²) in [7, 11) is 0. The Labute approximate surface area is 250 Å². The number of imidazole rings is 1. The van der Waals surface area contributed by atoms with Crippen molar-refractivity contribution in [3.05, 3.63) is 70.1 Å². The largest absolute Gasteiger partial charge is 0.483 e. The zero-order valence-corrected chi connectivity index (χ0v) is 24.5. The summed E-state index contributed by atoms with van der Waals surface area (Å²) in [5.41, 5.74) is 2.39. The van der Waals surface area contributed by atoms with Gasteiger partial charge in [0.05, 0.1) is 23.3 Å². The van der Waals surface area contributed by atoms with Gasteiger partial charge < -0.3 is 25.0 Å². The summed E-state index contributed by atoms with van der Waals surface area (Å²) in [6.07, 6.45) is 8.46. The fourth-order valence-electron chi connectivity index (χ4n) is 7.23. The van der Waals surface area contributed by atoms with Crippen LogP contribution >= 0.6 is 0 Å². The van der Waals surface area contributed by atoms with Crippen molar-refractivity contribution < 1.29 is 24.6 Å². The Morgan fingerprint density at radius 3 is 2.44 bits per heavy atom. The van der Waals surface area contributed by atoms with E-state index in [0.29, 0.717) is 25.8 Å². The molecule has 2 aromatic carbocycles. The number of aromatic carboxylic acids is 1. The molecule has 0 bridgehead atoms. The lowest BCUT2D eigenvalue weighted by Crippen LogP contribution is -2.59. The van der Waals surface area contributed by atoms with Crippen LogP contribution in [0.3, 0.4) is 0 Å². The molecule has 2 saturated heterocycles. The summed E-state index contributed by atoms with van der Waals surface area (Å²) >= 11 is 0. The van der Waals surface area contributed by atoms with E-state index in [1.807, 2.05) is 39.8 Å². The Kier molecular flexibility index (Phi) is 9.62. The average Bonchev–Trinajstić information content (AvgIpc) is 3.48. The third kappa shape index (κ3) is 6.52. The molecule has 1 aromatic heterocycles. The number of carboxylic acid groups (broad SMARTS) is 2. The molecule has 1 saturated carbocycles. The van der Waals surface area contributed by atoms with Crippen molar-refractivity contribution in [3.63, 3.8) is 0 Å². The Bertz CT molecular complexity index is 1480. The Morgan fingerprint density at radius 1 is 1.00 bits per heavy atom. The number of carboxylic acids is 1. The first-order chi connectivity index (χ1) is 20.9. The molecule has 0 atom stereocenters. The van der Waals surface area contributed by atoms with Crippen molar-refractivity contribution in [3.8, 4) is 0 Å². The van der Waals surface area contributed by atoms with E-state index in [2.05, 4.69) is 14.8 Å². The zero-order valence-electron chi connectivity index (χ0n) is 24.5. The van der Waals surface area contributed by atoms with Crippen molar-refractivity contribution in [2.45, 2.75) is 76.0 Å². The number of likely N-dealkylation sites (tertiary alicyclic amines) is 1. The van der Waals surface area contributed by atoms with Crippen molar-refractivity contribution in [1.29, 1.82) is 0 Å². The second-order valence-electron chi connectivity index (χ2n) is 11.8. The number of amides is 1. The highest BCUT2D eigenvalue weighted by Crippen LogP contribution is 2.41. The number of carbonyl (C=O) groups is 3. The molecule has 230 valence electrons. The lowest BCUT2D eigenvalue weighted by molar-refractivity contribution is -0.137. The number of nitrogens with one attached hydrogen (secondary N) is 1. The van der Waals surface area contributed by atoms with Crippen molar-refractivity contribution in [1.82, 2.24) is 24.3 Å². The maximum absolute atomic E-state index is 14.1. The number of aromatic amines is 1. The minimum absolute atomic E-state index is 0.0625. The van der Waals surface area contributed by atoms with Crippen LogP contribution in [0.5, 0.6) is 0 Å². The molecular weight excluding hydrogens is 550 g/mol. The lowest BCUT2D eigenvalue weighted by Gasteiger charge is -2.46. The third-order valence-electron chi connectivity index (χ3n) is 9.34. The number of aromatic nitrogens is 2. The monoisotopic (exact) mass is 591 g/mol. The topological polar surface area (TPSA) is 139 Å². The van der Waals surface area contributed by atoms with Crippen LogP contribution < -0.4 is 5.69 Å². The highest BCUT2D eigenvalue weighted by molar-refractivity contribution is 5.89. The maximum atomic E-state index is 14.1. The number of H-pyrrole nitrogens is 1. The fraction of sp³-hybridized carbons (Fsp3) is 0.500. The van der Waals surface area contributed by atoms with Crippen LogP contribution in [0.15, 0.2) is 53.3 Å². The standard InChI is InChI=1S/C31H39N5O4.CH2O2/c37-28(38)24-9-6-8-23(20-24)21-34-22-36(25-10-2-1-3-11-25)31(29(34)39)14-18-33(19-15-31)16-7-17-35-27-13-5-4-12-26(27)32-30(35)40;2-1-3/h4-6,8-9,12-13,20,25H,1-3,7,10-11,14-19,21-22H2,(H,32,40)(H,37,38);1H,(H,2,3). The van der Waals surface area contributed by atoms with Gasteiger partial charge in [0.25, 0.3) is 6.47 Å². The van der Waals surface area contributed by atoms with Gasteiger partial charge in [-0.15, -0.1) is 0 Å². The minimum atomic E-state index is -0.947. The minimum Gasteiger partial charge on any atom is -0.483 e. The molecule has 1 amide bonds. The van der Waals surface area contributed by atoms with E-state index >= 15 is 0 Å². The number of hydrogen-bond donors (Lipinski definition) is 3. The second kappa shape index (κ2) is 13.6. The molecule has 2 aliphatic heterocycles. The van der Waals surface area contributed by atoms with Gasteiger partial charge in [0, 0.05) is 32.2 Å². The zero-order chi connectivity index (χ0) is 30.4. The molecule has 11 nitrogen and oxygen atoms in total. The van der Waals surface area contributed by atoms with Crippen LogP contribution in [-0.2, 0) is 22.7 Å². The normalized spacial score (nSPS) is 19.4. The SMILES string of the molecule is O=C(O)c1cccc(CN2CN(C3CCCCC3)C3(CCN(CCCn4c(=O)[nH]c5ccccc54)CC3)C2=O)c1.O=CO. The van der Waals surface area contributed by atoms with Gasteiger partial charge in [-0.1, -0.05) is 43.5 Å². The molecule has 1 spiro atoms. The van der Waals surface area contributed by atoms with Gasteiger partial charge in [-0.05, 0) is 68.5 Å². The number of benzene rings is 2. The van der Waals surface area contributed by atoms with Crippen LogP contribution in [0, 0.1) is 0 Å². The molecule has 11 heteroatoms. The highest BCUT2D eigenvalue weighted by atomic mass is 16.4. The number of fused-ring (bicyclic) bond motifs is 1. The van der Waals surface area contributed by atoms with E-state index in [0.717, 1.165) is 68.3 Å². The molecule has 1 aliphatic carbocycles. The number of piperidine rings is 1. The number of rotatable bonds is 8. The van der Waals surface area contributed by atoms with Crippen molar-refractivity contribution in [2.75, 3.05) is 26.3 Å². The summed E-state index contributed by atoms with van der Waals surface area (Å²) in [6.45, 7) is 4.09. The molecule has 3 aliphatic rings. The predicted molar refractivity (Wildman–Crippen MR) is 162 cm³/mol. The summed E-state index contributed by atoms with van der Waals surface area (Å²) < 4.78 is 1.82. The number of hydrogen-bond acceptors (Lipinski definition) is 6. The quantitative estimate of drug-likeness (QED) is 0.338. The van der Waals surface area contributed by atoms with E-state index in [9.17, 15) is 19.5 Å². The Morgan fingerprint density at radius 2 is 1.72 bits per heavy atom. The first-order valence-electron chi connectivity index (χ1n) is 15.2. The number of para-hydroxylation sites is 2. The van der Waals surface area contributed by atoms with E-state index < -0.39 is 11.5 Å². The molecular formula is C32H41N5O6. The Balaban J connectivity index is 0.00000118. The maximum Gasteiger partial charge on any atom is 0.335 e. The average molecular weight is 592 g/mol. The van der Waals surface area contributed by atoms with Gasteiger partial charge in [-0.3, -0.25) is 19.1 Å². The molecule has 43 heavy (non-hydrogen) atoms. The summed E-state index contributed by atoms with van der Waals surface area (Å²) in [6, 6.07) is 15.2. The first kappa shape index (κ1) is 30.5. The molecule has 3 N–H and O–H groups in total. The highest BCUT2D eigenvalue weighted by Gasteiger charge is 2.55. The van der Waals surface area contributed by atoms with Gasteiger partial charge in [-0.2, -0.15) is 0 Å². The van der Waals surface area contributed by atoms with Crippen molar-refractivity contribution in [2.24, 2.45) is 0 Å². The van der Waals surface area contributed by atoms with Gasteiger partial charge in [-0.25, -0.2) is 9.59 Å². The van der Waals surface area contributed by atoms with E-state index in [1.165, 1.54) is 19.3 Å². The lowest BCUT2D eigenvalue weighted by atomic mass is 9.82. The van der Waals surface area contributed by atoms with Gasteiger partial charge in [0.15, 0.2) is 0 Å². The van der Waals surface area contributed by atoms with Crippen molar-refractivity contribution >= 4 is 29.4 Å². The summed E-state index contributed by atoms with van der Waals surface area (Å²) in [5, 5.41) is 16.3. The van der Waals surface area contributed by atoms with Crippen LogP contribution in [0.2, 0.25) is 0 Å². The molecule has 3 heterocycles. The van der Waals surface area contributed by atoms with E-state index in [-0.39, 0.29) is 23.6 Å². The van der Waals surface area contributed by atoms with Crippen LogP contribution in [-0.4, -0.2) is 90.7 Å². The van der Waals surface area contributed by atoms with Gasteiger partial charge in [0.2, 0.25) is 5.91 Å². The van der Waals surface area contributed by atoms with E-state index in [4.69, 9.17) is 9.90 Å².